The van der Waals surface area contributed by atoms with Crippen LogP contribution in [0.4, 0.5) is 0 Å². The molecule has 0 heterocycles. The van der Waals surface area contributed by atoms with E-state index in [1.165, 1.54) is 12.8 Å². The molecular formula is C15H24N2O3S. The van der Waals surface area contributed by atoms with Crippen LogP contribution in [0.25, 0.3) is 0 Å². The predicted molar refractivity (Wildman–Crippen MR) is 83.1 cm³/mol. The fourth-order valence-corrected chi connectivity index (χ4v) is 2.98. The van der Waals surface area contributed by atoms with Crippen molar-refractivity contribution in [2.24, 2.45) is 0 Å². The lowest BCUT2D eigenvalue weighted by Crippen LogP contribution is -2.24. The molecule has 6 heteroatoms. The van der Waals surface area contributed by atoms with Crippen molar-refractivity contribution < 1.29 is 13.2 Å². The minimum Gasteiger partial charge on any atom is -0.492 e. The zero-order chi connectivity index (χ0) is 15.1. The smallest absolute Gasteiger partial charge is 0.240 e. The molecule has 0 unspecified atom stereocenters. The van der Waals surface area contributed by atoms with Crippen LogP contribution in [0.2, 0.25) is 0 Å². The second kappa shape index (κ2) is 7.77. The fraction of sp³-hybridized carbons (Fsp3) is 0.600. The molecule has 1 aromatic carbocycles. The third-order valence-corrected chi connectivity index (χ3v) is 4.81. The molecule has 0 spiro atoms. The van der Waals surface area contributed by atoms with E-state index in [1.54, 1.807) is 24.3 Å². The van der Waals surface area contributed by atoms with E-state index in [2.05, 4.69) is 10.0 Å². The molecule has 0 radical (unpaired) electrons. The van der Waals surface area contributed by atoms with E-state index in [0.29, 0.717) is 24.9 Å². The monoisotopic (exact) mass is 312 g/mol. The van der Waals surface area contributed by atoms with E-state index in [4.69, 9.17) is 4.74 Å². The molecular weight excluding hydrogens is 288 g/mol. The molecule has 1 fully saturated rings. The maximum atomic E-state index is 12.0. The van der Waals surface area contributed by atoms with Crippen molar-refractivity contribution in [3.8, 4) is 5.75 Å². The summed E-state index contributed by atoms with van der Waals surface area (Å²) in [6.07, 6.45) is 4.33. The van der Waals surface area contributed by atoms with Crippen LogP contribution in [0.3, 0.4) is 0 Å². The fourth-order valence-electron chi connectivity index (χ4n) is 1.90. The van der Waals surface area contributed by atoms with Crippen LogP contribution in [-0.4, -0.2) is 34.2 Å². The van der Waals surface area contributed by atoms with Gasteiger partial charge in [-0.1, -0.05) is 13.3 Å². The van der Waals surface area contributed by atoms with Gasteiger partial charge >= 0.3 is 0 Å². The van der Waals surface area contributed by atoms with Crippen molar-refractivity contribution >= 4 is 10.0 Å². The lowest BCUT2D eigenvalue weighted by Gasteiger charge is -2.09. The Morgan fingerprint density at radius 3 is 2.52 bits per heavy atom. The molecule has 0 saturated heterocycles. The number of hydrogen-bond donors (Lipinski definition) is 2. The zero-order valence-electron chi connectivity index (χ0n) is 12.5. The molecule has 0 aromatic heterocycles. The maximum absolute atomic E-state index is 12.0. The lowest BCUT2D eigenvalue weighted by molar-refractivity contribution is 0.313. The van der Waals surface area contributed by atoms with Gasteiger partial charge in [-0.05, 0) is 43.5 Å². The first kappa shape index (κ1) is 16.3. The Kier molecular flexibility index (Phi) is 6.02. The van der Waals surface area contributed by atoms with Gasteiger partial charge in [-0.3, -0.25) is 0 Å². The summed E-state index contributed by atoms with van der Waals surface area (Å²) >= 11 is 0. The summed E-state index contributed by atoms with van der Waals surface area (Å²) < 4.78 is 32.2. The third-order valence-electron chi connectivity index (χ3n) is 3.34. The van der Waals surface area contributed by atoms with Crippen LogP contribution >= 0.6 is 0 Å². The minimum absolute atomic E-state index is 0.280. The zero-order valence-corrected chi connectivity index (χ0v) is 13.3. The van der Waals surface area contributed by atoms with E-state index < -0.39 is 10.0 Å². The van der Waals surface area contributed by atoms with Crippen molar-refractivity contribution in [3.63, 3.8) is 0 Å². The Morgan fingerprint density at radius 1 is 1.19 bits per heavy atom. The molecule has 1 aliphatic carbocycles. The molecule has 0 atom stereocenters. The summed E-state index contributed by atoms with van der Waals surface area (Å²) in [4.78, 5) is 0.280. The van der Waals surface area contributed by atoms with Crippen LogP contribution in [0.1, 0.15) is 32.6 Å². The highest BCUT2D eigenvalue weighted by Gasteiger charge is 2.19. The average molecular weight is 312 g/mol. The molecule has 1 aromatic rings. The van der Waals surface area contributed by atoms with Gasteiger partial charge in [0.2, 0.25) is 10.0 Å². The standard InChI is InChI=1S/C15H24N2O3S/c1-2-3-10-17-21(18,19)15-8-6-14(7-9-15)20-12-11-16-13-4-5-13/h6-9,13,16-17H,2-5,10-12H2,1H3. The molecule has 2 N–H and O–H groups in total. The number of ether oxygens (including phenoxy) is 1. The largest absolute Gasteiger partial charge is 0.492 e. The van der Waals surface area contributed by atoms with Crippen molar-refractivity contribution in [1.29, 1.82) is 0 Å². The van der Waals surface area contributed by atoms with Gasteiger partial charge in [0.05, 0.1) is 4.90 Å². The van der Waals surface area contributed by atoms with Crippen molar-refractivity contribution in [1.82, 2.24) is 10.0 Å². The summed E-state index contributed by atoms with van der Waals surface area (Å²) in [5.74, 6) is 0.695. The first-order valence-electron chi connectivity index (χ1n) is 7.58. The van der Waals surface area contributed by atoms with E-state index >= 15 is 0 Å². The predicted octanol–water partition coefficient (Wildman–Crippen LogP) is 1.90. The maximum Gasteiger partial charge on any atom is 0.240 e. The van der Waals surface area contributed by atoms with Crippen LogP contribution in [-0.2, 0) is 10.0 Å². The highest BCUT2D eigenvalue weighted by atomic mass is 32.2. The number of hydrogen-bond acceptors (Lipinski definition) is 4. The Bertz CT molecular complexity index is 524. The molecule has 21 heavy (non-hydrogen) atoms. The van der Waals surface area contributed by atoms with Gasteiger partial charge < -0.3 is 10.1 Å². The van der Waals surface area contributed by atoms with Gasteiger partial charge in [-0.2, -0.15) is 0 Å². The quantitative estimate of drug-likeness (QED) is 0.648. The molecule has 5 nitrogen and oxygen atoms in total. The highest BCUT2D eigenvalue weighted by Crippen LogP contribution is 2.18. The summed E-state index contributed by atoms with van der Waals surface area (Å²) in [5, 5.41) is 3.36. The van der Waals surface area contributed by atoms with Gasteiger partial charge in [0.15, 0.2) is 0 Å². The molecule has 0 bridgehead atoms. The molecule has 118 valence electrons. The number of unbranched alkanes of at least 4 members (excludes halogenated alkanes) is 1. The second-order valence-electron chi connectivity index (χ2n) is 5.30. The van der Waals surface area contributed by atoms with E-state index in [-0.39, 0.29) is 4.90 Å². The molecule has 1 aliphatic rings. The first-order chi connectivity index (χ1) is 10.1. The number of benzene rings is 1. The van der Waals surface area contributed by atoms with Gasteiger partial charge in [0.1, 0.15) is 12.4 Å². The van der Waals surface area contributed by atoms with Crippen molar-refractivity contribution in [3.05, 3.63) is 24.3 Å². The van der Waals surface area contributed by atoms with Crippen molar-refractivity contribution in [2.45, 2.75) is 43.5 Å². The molecule has 0 amide bonds. The Balaban J connectivity index is 1.79. The summed E-state index contributed by atoms with van der Waals surface area (Å²) in [7, 11) is -3.40. The van der Waals surface area contributed by atoms with E-state index in [9.17, 15) is 8.42 Å². The molecule has 0 aliphatic heterocycles. The highest BCUT2D eigenvalue weighted by molar-refractivity contribution is 7.89. The number of nitrogens with one attached hydrogen (secondary N) is 2. The first-order valence-corrected chi connectivity index (χ1v) is 9.06. The number of rotatable bonds is 10. The van der Waals surface area contributed by atoms with Crippen LogP contribution < -0.4 is 14.8 Å². The Hall–Kier alpha value is -1.11. The van der Waals surface area contributed by atoms with Gasteiger partial charge in [0.25, 0.3) is 0 Å². The van der Waals surface area contributed by atoms with Crippen LogP contribution in [0, 0.1) is 0 Å². The van der Waals surface area contributed by atoms with Crippen LogP contribution in [0.15, 0.2) is 29.2 Å². The molecule has 2 rings (SSSR count). The lowest BCUT2D eigenvalue weighted by atomic mass is 10.3. The van der Waals surface area contributed by atoms with Gasteiger partial charge in [-0.25, -0.2) is 13.1 Å². The summed E-state index contributed by atoms with van der Waals surface area (Å²) in [6, 6.07) is 7.24. The van der Waals surface area contributed by atoms with Crippen molar-refractivity contribution in [2.75, 3.05) is 19.7 Å². The Labute approximate surface area is 127 Å². The molecule has 1 saturated carbocycles. The number of sulfonamides is 1. The topological polar surface area (TPSA) is 67.4 Å². The normalized spacial score (nSPS) is 15.1. The van der Waals surface area contributed by atoms with Crippen LogP contribution in [0.5, 0.6) is 5.75 Å². The Morgan fingerprint density at radius 2 is 1.90 bits per heavy atom. The minimum atomic E-state index is -3.40. The average Bonchev–Trinajstić information content (AvgIpc) is 3.28. The third kappa shape index (κ3) is 5.65. The van der Waals surface area contributed by atoms with Gasteiger partial charge in [-0.15, -0.1) is 0 Å². The summed E-state index contributed by atoms with van der Waals surface area (Å²) in [6.45, 7) is 3.92. The SMILES string of the molecule is CCCCNS(=O)(=O)c1ccc(OCCNC2CC2)cc1. The van der Waals surface area contributed by atoms with E-state index in [0.717, 1.165) is 19.4 Å². The van der Waals surface area contributed by atoms with E-state index in [1.807, 2.05) is 6.92 Å². The second-order valence-corrected chi connectivity index (χ2v) is 7.07. The van der Waals surface area contributed by atoms with Gasteiger partial charge in [0, 0.05) is 19.1 Å². The summed E-state index contributed by atoms with van der Waals surface area (Å²) in [5.41, 5.74) is 0.